The van der Waals surface area contributed by atoms with Crippen molar-refractivity contribution in [3.8, 4) is 0 Å². The maximum atomic E-state index is 13.1. The summed E-state index contributed by atoms with van der Waals surface area (Å²) in [6.45, 7) is 1.69. The highest BCUT2D eigenvalue weighted by Crippen LogP contribution is 2.40. The number of halogens is 4. The zero-order valence-corrected chi connectivity index (χ0v) is 14.5. The second-order valence-electron chi connectivity index (χ2n) is 5.39. The fourth-order valence-electron chi connectivity index (χ4n) is 2.76. The Labute approximate surface area is 145 Å². The highest BCUT2D eigenvalue weighted by Gasteiger charge is 2.51. The van der Waals surface area contributed by atoms with Crippen LogP contribution >= 0.6 is 15.9 Å². The van der Waals surface area contributed by atoms with E-state index in [-0.39, 0.29) is 0 Å². The van der Waals surface area contributed by atoms with Crippen molar-refractivity contribution in [2.24, 2.45) is 5.92 Å². The van der Waals surface area contributed by atoms with E-state index in [1.165, 1.54) is 6.08 Å². The van der Waals surface area contributed by atoms with Crippen LogP contribution in [0.3, 0.4) is 0 Å². The van der Waals surface area contributed by atoms with Crippen molar-refractivity contribution in [3.63, 3.8) is 0 Å². The fourth-order valence-corrected chi connectivity index (χ4v) is 3.28. The lowest BCUT2D eigenvalue weighted by Crippen LogP contribution is -2.54. The molecule has 8 heteroatoms. The van der Waals surface area contributed by atoms with Crippen molar-refractivity contribution in [2.45, 2.75) is 25.2 Å². The first kappa shape index (κ1) is 18.5. The molecule has 1 aliphatic rings. The molecule has 0 fully saturated rings. The number of ether oxygens (including phenoxy) is 1. The lowest BCUT2D eigenvalue weighted by atomic mass is 9.87. The molecule has 0 aliphatic carbocycles. The third-order valence-electron chi connectivity index (χ3n) is 3.84. The van der Waals surface area contributed by atoms with Crippen molar-refractivity contribution in [1.82, 2.24) is 4.90 Å². The molecule has 4 nitrogen and oxygen atoms in total. The van der Waals surface area contributed by atoms with Gasteiger partial charge in [-0.2, -0.15) is 13.2 Å². The Morgan fingerprint density at radius 1 is 1.21 bits per heavy atom. The molecule has 0 unspecified atom stereocenters. The number of carbonyl (C=O) groups excluding carboxylic acids is 2. The number of esters is 1. The molecule has 1 aliphatic heterocycles. The summed E-state index contributed by atoms with van der Waals surface area (Å²) in [5.41, 5.74) is 0.487. The number of benzene rings is 1. The van der Waals surface area contributed by atoms with E-state index in [1.54, 1.807) is 37.3 Å². The molecular weight excluding hydrogens is 391 g/mol. The molecule has 0 spiro atoms. The second-order valence-corrected chi connectivity index (χ2v) is 6.24. The molecule has 24 heavy (non-hydrogen) atoms. The van der Waals surface area contributed by atoms with Gasteiger partial charge in [0.15, 0.2) is 0 Å². The Kier molecular flexibility index (Phi) is 5.37. The van der Waals surface area contributed by atoms with Crippen LogP contribution in [0.4, 0.5) is 13.2 Å². The third-order valence-corrected chi connectivity index (χ3v) is 4.56. The molecule has 0 saturated carbocycles. The molecule has 1 aromatic rings. The van der Waals surface area contributed by atoms with E-state index in [1.807, 2.05) is 0 Å². The number of hydrogen-bond acceptors (Lipinski definition) is 3. The molecule has 0 saturated heterocycles. The van der Waals surface area contributed by atoms with Crippen molar-refractivity contribution < 1.29 is 27.5 Å². The Morgan fingerprint density at radius 2 is 1.83 bits per heavy atom. The number of nitrogens with zero attached hydrogens (tertiary/aromatic N) is 1. The summed E-state index contributed by atoms with van der Waals surface area (Å²) in [6, 6.07) is 4.28. The van der Waals surface area contributed by atoms with Crippen LogP contribution in [-0.2, 0) is 14.3 Å². The quantitative estimate of drug-likeness (QED) is 0.557. The SMILES string of the molecule is COC(=O)[C@@H]1C=C[C@@H](C)[C@H](c2ccccc2Br)N1C(=O)C(F)(F)F. The van der Waals surface area contributed by atoms with E-state index >= 15 is 0 Å². The predicted molar refractivity (Wildman–Crippen MR) is 83.9 cm³/mol. The number of hydrogen-bond donors (Lipinski definition) is 0. The highest BCUT2D eigenvalue weighted by atomic mass is 79.9. The number of methoxy groups -OCH3 is 1. The van der Waals surface area contributed by atoms with Gasteiger partial charge in [-0.15, -0.1) is 0 Å². The predicted octanol–water partition coefficient (Wildman–Crippen LogP) is 3.63. The van der Waals surface area contributed by atoms with Crippen LogP contribution in [-0.4, -0.2) is 36.1 Å². The van der Waals surface area contributed by atoms with Gasteiger partial charge in [-0.1, -0.05) is 53.2 Å². The minimum absolute atomic E-state index is 0.420. The maximum Gasteiger partial charge on any atom is 0.471 e. The van der Waals surface area contributed by atoms with Gasteiger partial charge in [0.1, 0.15) is 6.04 Å². The van der Waals surface area contributed by atoms with E-state index in [2.05, 4.69) is 20.7 Å². The Bertz CT molecular complexity index is 675. The van der Waals surface area contributed by atoms with Crippen LogP contribution in [0, 0.1) is 5.92 Å². The lowest BCUT2D eigenvalue weighted by molar-refractivity contribution is -0.193. The molecule has 130 valence electrons. The van der Waals surface area contributed by atoms with Crippen molar-refractivity contribution in [1.29, 1.82) is 0 Å². The number of rotatable bonds is 2. The molecule has 1 aromatic carbocycles. The van der Waals surface area contributed by atoms with Gasteiger partial charge in [-0.05, 0) is 17.5 Å². The van der Waals surface area contributed by atoms with Gasteiger partial charge in [0.25, 0.3) is 0 Å². The van der Waals surface area contributed by atoms with Gasteiger partial charge in [0.2, 0.25) is 0 Å². The van der Waals surface area contributed by atoms with Crippen LogP contribution in [0.5, 0.6) is 0 Å². The first-order valence-electron chi connectivity index (χ1n) is 7.08. The topological polar surface area (TPSA) is 46.6 Å². The largest absolute Gasteiger partial charge is 0.471 e. The van der Waals surface area contributed by atoms with Crippen LogP contribution in [0.25, 0.3) is 0 Å². The summed E-state index contributed by atoms with van der Waals surface area (Å²) in [5, 5.41) is 0. The monoisotopic (exact) mass is 405 g/mol. The second kappa shape index (κ2) is 6.96. The lowest BCUT2D eigenvalue weighted by Gasteiger charge is -2.41. The highest BCUT2D eigenvalue weighted by molar-refractivity contribution is 9.10. The molecule has 0 aromatic heterocycles. The summed E-state index contributed by atoms with van der Waals surface area (Å²) in [4.78, 5) is 24.5. The van der Waals surface area contributed by atoms with Crippen LogP contribution in [0.15, 0.2) is 40.9 Å². The Balaban J connectivity index is 2.60. The standard InChI is InChI=1S/C16H15BrF3NO3/c1-9-7-8-12(14(22)24-2)21(15(23)16(18,19)20)13(9)10-5-3-4-6-11(10)17/h3-9,12-13H,1-2H3/t9-,12+,13-/m1/s1. The van der Waals surface area contributed by atoms with E-state index in [0.717, 1.165) is 7.11 Å². The third kappa shape index (κ3) is 3.48. The average molecular weight is 406 g/mol. The minimum Gasteiger partial charge on any atom is -0.467 e. The molecule has 3 atom stereocenters. The van der Waals surface area contributed by atoms with Crippen molar-refractivity contribution >= 4 is 27.8 Å². The number of amides is 1. The molecule has 1 amide bonds. The fraction of sp³-hybridized carbons (Fsp3) is 0.375. The summed E-state index contributed by atoms with van der Waals surface area (Å²) >= 11 is 3.30. The Morgan fingerprint density at radius 3 is 2.38 bits per heavy atom. The van der Waals surface area contributed by atoms with E-state index < -0.39 is 36.1 Å². The van der Waals surface area contributed by atoms with Gasteiger partial charge in [-0.25, -0.2) is 4.79 Å². The molecule has 0 bridgehead atoms. The van der Waals surface area contributed by atoms with Gasteiger partial charge >= 0.3 is 18.1 Å². The Hall–Kier alpha value is -1.83. The molecule has 2 rings (SSSR count). The zero-order valence-electron chi connectivity index (χ0n) is 12.9. The summed E-state index contributed by atoms with van der Waals surface area (Å²) in [6.07, 6.45) is -2.21. The molecule has 1 heterocycles. The van der Waals surface area contributed by atoms with Gasteiger partial charge in [0, 0.05) is 4.47 Å². The zero-order chi connectivity index (χ0) is 18.1. The van der Waals surface area contributed by atoms with Crippen molar-refractivity contribution in [3.05, 3.63) is 46.5 Å². The smallest absolute Gasteiger partial charge is 0.467 e. The van der Waals surface area contributed by atoms with Crippen LogP contribution < -0.4 is 0 Å². The molecular formula is C16H15BrF3NO3. The maximum absolute atomic E-state index is 13.1. The van der Waals surface area contributed by atoms with Crippen LogP contribution in [0.1, 0.15) is 18.5 Å². The first-order chi connectivity index (χ1) is 11.2. The van der Waals surface area contributed by atoms with Gasteiger partial charge < -0.3 is 9.64 Å². The molecule has 0 radical (unpaired) electrons. The minimum atomic E-state index is -5.10. The van der Waals surface area contributed by atoms with E-state index in [9.17, 15) is 22.8 Å². The summed E-state index contributed by atoms with van der Waals surface area (Å²) in [7, 11) is 1.07. The summed E-state index contributed by atoms with van der Waals surface area (Å²) < 4.78 is 44.5. The number of carbonyl (C=O) groups is 2. The van der Waals surface area contributed by atoms with Gasteiger partial charge in [-0.3, -0.25) is 4.79 Å². The normalized spacial score (nSPS) is 23.9. The first-order valence-corrected chi connectivity index (χ1v) is 7.87. The molecule has 0 N–H and O–H groups in total. The van der Waals surface area contributed by atoms with E-state index in [4.69, 9.17) is 0 Å². The average Bonchev–Trinajstić information content (AvgIpc) is 2.53. The number of alkyl halides is 3. The van der Waals surface area contributed by atoms with E-state index in [0.29, 0.717) is 14.9 Å². The van der Waals surface area contributed by atoms with Crippen LogP contribution in [0.2, 0.25) is 0 Å². The van der Waals surface area contributed by atoms with Gasteiger partial charge in [0.05, 0.1) is 13.2 Å². The summed E-state index contributed by atoms with van der Waals surface area (Å²) in [5.74, 6) is -3.42. The van der Waals surface area contributed by atoms with Crippen molar-refractivity contribution in [2.75, 3.05) is 7.11 Å².